The Morgan fingerprint density at radius 3 is 2.82 bits per heavy atom. The first kappa shape index (κ1) is 16.4. The van der Waals surface area contributed by atoms with Gasteiger partial charge in [-0.05, 0) is 25.2 Å². The molecule has 1 N–H and O–H groups in total. The lowest BCUT2D eigenvalue weighted by molar-refractivity contribution is 0.231. The van der Waals surface area contributed by atoms with Crippen LogP contribution in [0.4, 0.5) is 0 Å². The van der Waals surface area contributed by atoms with Crippen LogP contribution in [-0.2, 0) is 6.54 Å². The lowest BCUT2D eigenvalue weighted by Crippen LogP contribution is -2.25. The van der Waals surface area contributed by atoms with Crippen molar-refractivity contribution < 1.29 is 9.47 Å². The lowest BCUT2D eigenvalue weighted by Gasteiger charge is -2.17. The summed E-state index contributed by atoms with van der Waals surface area (Å²) in [5.74, 6) is 1.06. The Balaban J connectivity index is 1.81. The van der Waals surface area contributed by atoms with Crippen molar-refractivity contribution in [1.29, 1.82) is 0 Å². The van der Waals surface area contributed by atoms with Crippen LogP contribution in [0.3, 0.4) is 0 Å². The Morgan fingerprint density at radius 2 is 2.14 bits per heavy atom. The number of likely N-dealkylation sites (N-methyl/N-ethyl adjacent to an activating group) is 1. The molecular weight excluding hydrogens is 304 g/mol. The predicted molar refractivity (Wildman–Crippen MR) is 86.9 cm³/mol. The summed E-state index contributed by atoms with van der Waals surface area (Å²) in [5.41, 5.74) is 0.705. The van der Waals surface area contributed by atoms with Gasteiger partial charge in [0.05, 0.1) is 7.11 Å². The quantitative estimate of drug-likeness (QED) is 0.851. The van der Waals surface area contributed by atoms with Crippen molar-refractivity contribution in [2.75, 3.05) is 27.3 Å². The van der Waals surface area contributed by atoms with E-state index in [1.54, 1.807) is 24.4 Å². The van der Waals surface area contributed by atoms with Crippen LogP contribution in [0.5, 0.6) is 11.5 Å². The number of benzene rings is 1. The topological polar surface area (TPSA) is 54.6 Å². The third kappa shape index (κ3) is 4.79. The van der Waals surface area contributed by atoms with E-state index in [9.17, 15) is 4.79 Å². The van der Waals surface area contributed by atoms with Crippen LogP contribution in [0.1, 0.15) is 5.69 Å². The van der Waals surface area contributed by atoms with Crippen LogP contribution in [0.2, 0.25) is 5.02 Å². The molecule has 0 spiro atoms. The molecule has 6 heteroatoms. The molecule has 0 bridgehead atoms. The fourth-order valence-corrected chi connectivity index (χ4v) is 2.18. The smallest absolute Gasteiger partial charge is 0.223 e. The van der Waals surface area contributed by atoms with Crippen LogP contribution >= 0.6 is 11.6 Å². The number of halogens is 1. The first-order chi connectivity index (χ1) is 10.6. The van der Waals surface area contributed by atoms with Crippen LogP contribution < -0.4 is 14.9 Å². The Labute approximate surface area is 134 Å². The SMILES string of the molecule is COc1c[nH]c(CN(C)CCOc2cccc(Cl)c2)cc1=O. The molecule has 2 aromatic rings. The van der Waals surface area contributed by atoms with Gasteiger partial charge in [-0.1, -0.05) is 17.7 Å². The molecule has 22 heavy (non-hydrogen) atoms. The largest absolute Gasteiger partial charge is 0.492 e. The van der Waals surface area contributed by atoms with Crippen LogP contribution in [0.15, 0.2) is 41.3 Å². The van der Waals surface area contributed by atoms with Crippen molar-refractivity contribution in [2.45, 2.75) is 6.54 Å². The number of hydrogen-bond acceptors (Lipinski definition) is 4. The van der Waals surface area contributed by atoms with Gasteiger partial charge in [0.15, 0.2) is 5.75 Å². The van der Waals surface area contributed by atoms with E-state index in [-0.39, 0.29) is 5.43 Å². The molecule has 2 rings (SSSR count). The molecule has 0 radical (unpaired) electrons. The van der Waals surface area contributed by atoms with E-state index in [4.69, 9.17) is 21.1 Å². The highest BCUT2D eigenvalue weighted by Crippen LogP contribution is 2.16. The normalized spacial score (nSPS) is 10.7. The molecule has 0 saturated carbocycles. The first-order valence-corrected chi connectivity index (χ1v) is 7.29. The Hall–Kier alpha value is -1.98. The molecule has 118 valence electrons. The van der Waals surface area contributed by atoms with Crippen molar-refractivity contribution in [3.8, 4) is 11.5 Å². The number of ether oxygens (including phenoxy) is 2. The van der Waals surface area contributed by atoms with Gasteiger partial charge in [-0.15, -0.1) is 0 Å². The zero-order chi connectivity index (χ0) is 15.9. The maximum Gasteiger partial charge on any atom is 0.223 e. The Morgan fingerprint density at radius 1 is 1.32 bits per heavy atom. The van der Waals surface area contributed by atoms with Gasteiger partial charge in [-0.2, -0.15) is 0 Å². The van der Waals surface area contributed by atoms with E-state index in [0.717, 1.165) is 18.0 Å². The number of pyridine rings is 1. The van der Waals surface area contributed by atoms with E-state index in [1.807, 2.05) is 19.2 Å². The number of hydrogen-bond donors (Lipinski definition) is 1. The third-order valence-electron chi connectivity index (χ3n) is 3.13. The molecule has 0 atom stereocenters. The summed E-state index contributed by atoms with van der Waals surface area (Å²) in [6.45, 7) is 1.88. The van der Waals surface area contributed by atoms with E-state index >= 15 is 0 Å². The second kappa shape index (κ2) is 7.87. The van der Waals surface area contributed by atoms with Gasteiger partial charge in [-0.3, -0.25) is 9.69 Å². The van der Waals surface area contributed by atoms with Gasteiger partial charge in [0.25, 0.3) is 0 Å². The minimum absolute atomic E-state index is 0.125. The van der Waals surface area contributed by atoms with E-state index < -0.39 is 0 Å². The molecule has 0 aliphatic heterocycles. The highest BCUT2D eigenvalue weighted by atomic mass is 35.5. The first-order valence-electron chi connectivity index (χ1n) is 6.91. The molecule has 0 aliphatic rings. The number of rotatable bonds is 7. The average molecular weight is 323 g/mol. The fraction of sp³-hybridized carbons (Fsp3) is 0.312. The third-order valence-corrected chi connectivity index (χ3v) is 3.37. The van der Waals surface area contributed by atoms with Gasteiger partial charge in [-0.25, -0.2) is 0 Å². The van der Waals surface area contributed by atoms with Gasteiger partial charge in [0, 0.05) is 36.1 Å². The summed E-state index contributed by atoms with van der Waals surface area (Å²) >= 11 is 5.90. The number of nitrogens with zero attached hydrogens (tertiary/aromatic N) is 1. The minimum Gasteiger partial charge on any atom is -0.492 e. The standard InChI is InChI=1S/C16H19ClN2O3/c1-19(6-7-22-14-5-3-4-12(17)8-14)11-13-9-15(20)16(21-2)10-18-13/h3-5,8-10H,6-7,11H2,1-2H3,(H,18,20). The van der Waals surface area contributed by atoms with E-state index in [2.05, 4.69) is 9.88 Å². The second-order valence-corrected chi connectivity index (χ2v) is 5.37. The molecule has 0 amide bonds. The number of H-pyrrole nitrogens is 1. The molecule has 1 aromatic heterocycles. The molecule has 0 unspecified atom stereocenters. The summed E-state index contributed by atoms with van der Waals surface area (Å²) < 4.78 is 10.6. The maximum atomic E-state index is 11.7. The van der Waals surface area contributed by atoms with Crippen LogP contribution in [-0.4, -0.2) is 37.2 Å². The molecule has 1 heterocycles. The molecule has 0 fully saturated rings. The van der Waals surface area contributed by atoms with E-state index in [0.29, 0.717) is 23.9 Å². The summed E-state index contributed by atoms with van der Waals surface area (Å²) in [7, 11) is 3.44. The van der Waals surface area contributed by atoms with E-state index in [1.165, 1.54) is 7.11 Å². The van der Waals surface area contributed by atoms with Gasteiger partial charge in [0.2, 0.25) is 5.43 Å². The monoisotopic (exact) mass is 322 g/mol. The minimum atomic E-state index is -0.125. The highest BCUT2D eigenvalue weighted by Gasteiger charge is 2.05. The molecular formula is C16H19ClN2O3. The molecule has 0 aliphatic carbocycles. The fourth-order valence-electron chi connectivity index (χ4n) is 2.00. The van der Waals surface area contributed by atoms with Gasteiger partial charge >= 0.3 is 0 Å². The second-order valence-electron chi connectivity index (χ2n) is 4.93. The Bertz CT molecular complexity index is 672. The van der Waals surface area contributed by atoms with Crippen molar-refractivity contribution >= 4 is 11.6 Å². The number of methoxy groups -OCH3 is 1. The van der Waals surface area contributed by atoms with Gasteiger partial charge < -0.3 is 14.5 Å². The number of nitrogens with one attached hydrogen (secondary N) is 1. The maximum absolute atomic E-state index is 11.7. The summed E-state index contributed by atoms with van der Waals surface area (Å²) in [6, 6.07) is 8.85. The van der Waals surface area contributed by atoms with Crippen LogP contribution in [0, 0.1) is 0 Å². The van der Waals surface area contributed by atoms with Crippen molar-refractivity contribution in [3.05, 3.63) is 57.5 Å². The molecule has 0 saturated heterocycles. The van der Waals surface area contributed by atoms with Gasteiger partial charge in [0.1, 0.15) is 12.4 Å². The number of aromatic amines is 1. The van der Waals surface area contributed by atoms with Crippen molar-refractivity contribution in [2.24, 2.45) is 0 Å². The summed E-state index contributed by atoms with van der Waals surface area (Å²) in [5, 5.41) is 0.654. The lowest BCUT2D eigenvalue weighted by atomic mass is 10.3. The zero-order valence-corrected chi connectivity index (χ0v) is 13.4. The zero-order valence-electron chi connectivity index (χ0n) is 12.6. The van der Waals surface area contributed by atoms with Crippen LogP contribution in [0.25, 0.3) is 0 Å². The van der Waals surface area contributed by atoms with Crippen molar-refractivity contribution in [3.63, 3.8) is 0 Å². The average Bonchev–Trinajstić information content (AvgIpc) is 2.47. The Kier molecular flexibility index (Phi) is 5.86. The van der Waals surface area contributed by atoms with Crippen molar-refractivity contribution in [1.82, 2.24) is 9.88 Å². The molecule has 5 nitrogen and oxygen atoms in total. The number of aromatic nitrogens is 1. The summed E-state index contributed by atoms with van der Waals surface area (Å²) in [6.07, 6.45) is 1.58. The predicted octanol–water partition coefficient (Wildman–Crippen LogP) is 2.55. The highest BCUT2D eigenvalue weighted by molar-refractivity contribution is 6.30. The summed E-state index contributed by atoms with van der Waals surface area (Å²) in [4.78, 5) is 16.8. The molecule has 1 aromatic carbocycles.